The van der Waals surface area contributed by atoms with Gasteiger partial charge in [0.15, 0.2) is 0 Å². The van der Waals surface area contributed by atoms with Crippen LogP contribution in [0.1, 0.15) is 11.1 Å². The molecule has 0 bridgehead atoms. The topological polar surface area (TPSA) is 101 Å². The van der Waals surface area contributed by atoms with Gasteiger partial charge in [-0.1, -0.05) is 42.5 Å². The van der Waals surface area contributed by atoms with Crippen molar-refractivity contribution in [1.82, 2.24) is 0 Å². The molecule has 0 saturated heterocycles. The van der Waals surface area contributed by atoms with E-state index in [4.69, 9.17) is 0 Å². The summed E-state index contributed by atoms with van der Waals surface area (Å²) in [5.41, 5.74) is 1.78. The van der Waals surface area contributed by atoms with Gasteiger partial charge in [0.1, 0.15) is 5.75 Å². The second kappa shape index (κ2) is 6.60. The van der Waals surface area contributed by atoms with E-state index in [1.54, 1.807) is 36.4 Å². The minimum atomic E-state index is -1.69. The van der Waals surface area contributed by atoms with Gasteiger partial charge in [0.2, 0.25) is 0 Å². The van der Waals surface area contributed by atoms with Crippen LogP contribution in [0.25, 0.3) is 12.2 Å². The van der Waals surface area contributed by atoms with E-state index in [1.165, 1.54) is 18.2 Å². The van der Waals surface area contributed by atoms with Crippen LogP contribution in [0, 0.1) is 0 Å². The number of phenolic OH excluding ortho intramolecular Hbond substituents is 1. The molecule has 2 rings (SSSR count). The fourth-order valence-corrected chi connectivity index (χ4v) is 1.87. The van der Waals surface area contributed by atoms with Gasteiger partial charge in [0.25, 0.3) is 0 Å². The standard InChI is InChI=1S/C14H14B2O5/c17-14-5-3-10(4-6-14)1-2-11-7-12(15(18)19)9-13(8-11)16(20)21/h1-9,17-21H. The van der Waals surface area contributed by atoms with Gasteiger partial charge in [-0.25, -0.2) is 0 Å². The maximum absolute atomic E-state index is 9.21. The monoisotopic (exact) mass is 284 g/mol. The largest absolute Gasteiger partial charge is 0.508 e. The van der Waals surface area contributed by atoms with E-state index in [0.29, 0.717) is 5.56 Å². The molecule has 0 atom stereocenters. The van der Waals surface area contributed by atoms with Crippen LogP contribution in [0.15, 0.2) is 42.5 Å². The van der Waals surface area contributed by atoms with Crippen molar-refractivity contribution in [3.63, 3.8) is 0 Å². The molecule has 0 amide bonds. The summed E-state index contributed by atoms with van der Waals surface area (Å²) >= 11 is 0. The summed E-state index contributed by atoms with van der Waals surface area (Å²) in [4.78, 5) is 0. The van der Waals surface area contributed by atoms with Crippen LogP contribution in [0.5, 0.6) is 5.75 Å². The molecule has 2 aromatic rings. The molecule has 5 nitrogen and oxygen atoms in total. The molecule has 5 N–H and O–H groups in total. The zero-order valence-electron chi connectivity index (χ0n) is 11.1. The Hall–Kier alpha value is -2.05. The maximum Gasteiger partial charge on any atom is 0.488 e. The number of aromatic hydroxyl groups is 1. The summed E-state index contributed by atoms with van der Waals surface area (Å²) in [6, 6.07) is 10.9. The molecule has 0 radical (unpaired) electrons. The Morgan fingerprint density at radius 2 is 1.14 bits per heavy atom. The van der Waals surface area contributed by atoms with Crippen LogP contribution in [0.3, 0.4) is 0 Å². The molecule has 21 heavy (non-hydrogen) atoms. The predicted octanol–water partition coefficient (Wildman–Crippen LogP) is -1.08. The van der Waals surface area contributed by atoms with Crippen LogP contribution >= 0.6 is 0 Å². The summed E-state index contributed by atoms with van der Waals surface area (Å²) in [5, 5.41) is 46.0. The molecule has 0 fully saturated rings. The highest BCUT2D eigenvalue weighted by Crippen LogP contribution is 2.12. The summed E-state index contributed by atoms with van der Waals surface area (Å²) in [7, 11) is -3.38. The lowest BCUT2D eigenvalue weighted by Crippen LogP contribution is -2.38. The average Bonchev–Trinajstić information content (AvgIpc) is 2.46. The molecule has 0 aliphatic heterocycles. The summed E-state index contributed by atoms with van der Waals surface area (Å²) in [6.45, 7) is 0. The highest BCUT2D eigenvalue weighted by atomic mass is 16.4. The second-order valence-corrected chi connectivity index (χ2v) is 4.61. The Morgan fingerprint density at radius 3 is 1.62 bits per heavy atom. The molecule has 0 saturated carbocycles. The normalized spacial score (nSPS) is 10.9. The van der Waals surface area contributed by atoms with Crippen molar-refractivity contribution in [1.29, 1.82) is 0 Å². The highest BCUT2D eigenvalue weighted by Gasteiger charge is 2.17. The lowest BCUT2D eigenvalue weighted by molar-refractivity contribution is 0.425. The third kappa shape index (κ3) is 4.21. The van der Waals surface area contributed by atoms with Gasteiger partial charge in [0.05, 0.1) is 0 Å². The van der Waals surface area contributed by atoms with E-state index < -0.39 is 14.2 Å². The second-order valence-electron chi connectivity index (χ2n) is 4.61. The number of hydrogen-bond donors (Lipinski definition) is 5. The SMILES string of the molecule is OB(O)c1cc(C=Cc2ccc(O)cc2)cc(B(O)O)c1. The molecule has 0 heterocycles. The summed E-state index contributed by atoms with van der Waals surface area (Å²) < 4.78 is 0. The third-order valence-corrected chi connectivity index (χ3v) is 2.96. The van der Waals surface area contributed by atoms with Crippen molar-refractivity contribution in [3.05, 3.63) is 53.6 Å². The Balaban J connectivity index is 2.32. The number of rotatable bonds is 4. The number of hydrogen-bond acceptors (Lipinski definition) is 5. The zero-order valence-corrected chi connectivity index (χ0v) is 11.1. The Bertz CT molecular complexity index is 612. The Kier molecular flexibility index (Phi) is 4.82. The molecule has 0 aliphatic carbocycles. The molecule has 0 aliphatic rings. The van der Waals surface area contributed by atoms with Gasteiger partial charge in [-0.3, -0.25) is 0 Å². The lowest BCUT2D eigenvalue weighted by atomic mass is 9.72. The molecule has 2 aromatic carbocycles. The van der Waals surface area contributed by atoms with Gasteiger partial charge in [0, 0.05) is 0 Å². The van der Waals surface area contributed by atoms with Crippen molar-refractivity contribution in [2.75, 3.05) is 0 Å². The lowest BCUT2D eigenvalue weighted by Gasteiger charge is -2.06. The minimum Gasteiger partial charge on any atom is -0.508 e. The Morgan fingerprint density at radius 1 is 0.667 bits per heavy atom. The van der Waals surface area contributed by atoms with Crippen molar-refractivity contribution >= 4 is 37.3 Å². The first-order valence-corrected chi connectivity index (χ1v) is 6.30. The van der Waals surface area contributed by atoms with Crippen LogP contribution in [-0.2, 0) is 0 Å². The molecule has 0 unspecified atom stereocenters. The van der Waals surface area contributed by atoms with Crippen molar-refractivity contribution in [2.24, 2.45) is 0 Å². The summed E-state index contributed by atoms with van der Waals surface area (Å²) in [6.07, 6.45) is 3.46. The van der Waals surface area contributed by atoms with Gasteiger partial charge in [-0.15, -0.1) is 0 Å². The average molecular weight is 284 g/mol. The molecule has 0 spiro atoms. The quantitative estimate of drug-likeness (QED) is 0.363. The fourth-order valence-electron chi connectivity index (χ4n) is 1.87. The van der Waals surface area contributed by atoms with E-state index in [-0.39, 0.29) is 16.7 Å². The van der Waals surface area contributed by atoms with E-state index in [0.717, 1.165) is 5.56 Å². The van der Waals surface area contributed by atoms with E-state index >= 15 is 0 Å². The van der Waals surface area contributed by atoms with Gasteiger partial charge in [-0.05, 0) is 34.2 Å². The summed E-state index contributed by atoms with van der Waals surface area (Å²) in [5.74, 6) is 0.170. The van der Waals surface area contributed by atoms with Crippen LogP contribution in [0.2, 0.25) is 0 Å². The van der Waals surface area contributed by atoms with Gasteiger partial charge in [-0.2, -0.15) is 0 Å². The van der Waals surface area contributed by atoms with Gasteiger partial charge >= 0.3 is 14.2 Å². The first-order chi connectivity index (χ1) is 9.95. The molecular formula is C14H14B2O5. The Labute approximate surface area is 122 Å². The molecule has 0 aromatic heterocycles. The van der Waals surface area contributed by atoms with E-state index in [9.17, 15) is 25.2 Å². The van der Waals surface area contributed by atoms with Crippen molar-refractivity contribution in [2.45, 2.75) is 0 Å². The first-order valence-electron chi connectivity index (χ1n) is 6.30. The van der Waals surface area contributed by atoms with Crippen molar-refractivity contribution in [3.8, 4) is 5.75 Å². The first kappa shape index (κ1) is 15.3. The fraction of sp³-hybridized carbons (Fsp3) is 0. The molecule has 106 valence electrons. The van der Waals surface area contributed by atoms with Crippen molar-refractivity contribution < 1.29 is 25.2 Å². The highest BCUT2D eigenvalue weighted by molar-refractivity contribution is 6.62. The number of benzene rings is 2. The zero-order chi connectivity index (χ0) is 15.4. The maximum atomic E-state index is 9.21. The number of phenols is 1. The van der Waals surface area contributed by atoms with E-state index in [1.807, 2.05) is 0 Å². The van der Waals surface area contributed by atoms with Crippen LogP contribution in [0.4, 0.5) is 0 Å². The smallest absolute Gasteiger partial charge is 0.488 e. The molecular weight excluding hydrogens is 270 g/mol. The van der Waals surface area contributed by atoms with Crippen LogP contribution < -0.4 is 10.9 Å². The third-order valence-electron chi connectivity index (χ3n) is 2.96. The minimum absolute atomic E-state index is 0.170. The predicted molar refractivity (Wildman–Crippen MR) is 83.1 cm³/mol. The molecule has 7 heteroatoms. The van der Waals surface area contributed by atoms with Gasteiger partial charge < -0.3 is 25.2 Å². The van der Waals surface area contributed by atoms with Crippen LogP contribution in [-0.4, -0.2) is 39.4 Å². The van der Waals surface area contributed by atoms with E-state index in [2.05, 4.69) is 0 Å².